The van der Waals surface area contributed by atoms with E-state index in [-0.39, 0.29) is 23.9 Å². The summed E-state index contributed by atoms with van der Waals surface area (Å²) in [4.78, 5) is 14.5. The van der Waals surface area contributed by atoms with Crippen LogP contribution in [0.2, 0.25) is 0 Å². The zero-order chi connectivity index (χ0) is 16.4. The van der Waals surface area contributed by atoms with E-state index < -0.39 is 0 Å². The molecular weight excluding hydrogens is 282 g/mol. The minimum Gasteiger partial charge on any atom is -0.328 e. The molecule has 2 aromatic rings. The highest BCUT2D eigenvalue weighted by molar-refractivity contribution is 5.88. The van der Waals surface area contributed by atoms with Gasteiger partial charge in [-0.05, 0) is 30.5 Å². The Morgan fingerprint density at radius 1 is 1.04 bits per heavy atom. The Morgan fingerprint density at radius 3 is 2.22 bits per heavy atom. The minimum atomic E-state index is 0.0566. The molecule has 1 heterocycles. The summed E-state index contributed by atoms with van der Waals surface area (Å²) in [6.45, 7) is 6.27. The molecule has 3 rings (SSSR count). The van der Waals surface area contributed by atoms with Crippen LogP contribution < -0.4 is 0 Å². The summed E-state index contributed by atoms with van der Waals surface area (Å²) in [6, 6.07) is 20.8. The van der Waals surface area contributed by atoms with E-state index in [1.54, 1.807) is 0 Å². The highest BCUT2D eigenvalue weighted by atomic mass is 16.2. The van der Waals surface area contributed by atoms with Crippen molar-refractivity contribution in [2.45, 2.75) is 32.9 Å². The minimum absolute atomic E-state index is 0.0566. The number of likely N-dealkylation sites (tertiary alicyclic amines) is 1. The third-order valence-electron chi connectivity index (χ3n) is 4.78. The average Bonchev–Trinajstić information content (AvgIpc) is 2.59. The van der Waals surface area contributed by atoms with Crippen LogP contribution in [0.25, 0.3) is 6.08 Å². The standard InChI is InChI=1S/C21H23NO/c1-15(14-18-10-6-4-7-11-18)20-16(2)21(23)22(20)17(3)19-12-8-5-9-13-19/h4-14,16-17,20H,1-3H3/b15-14+/t16-,17+,20-/m1/s1. The molecule has 0 spiro atoms. The maximum absolute atomic E-state index is 12.4. The molecule has 0 radical (unpaired) electrons. The molecule has 0 saturated carbocycles. The lowest BCUT2D eigenvalue weighted by atomic mass is 9.81. The van der Waals surface area contributed by atoms with Crippen LogP contribution in [-0.2, 0) is 4.79 Å². The van der Waals surface area contributed by atoms with E-state index in [2.05, 4.69) is 44.2 Å². The summed E-state index contributed by atoms with van der Waals surface area (Å²) in [7, 11) is 0. The predicted octanol–water partition coefficient (Wildman–Crippen LogP) is 4.70. The number of benzene rings is 2. The summed E-state index contributed by atoms with van der Waals surface area (Å²) >= 11 is 0. The fourth-order valence-electron chi connectivity index (χ4n) is 3.50. The van der Waals surface area contributed by atoms with Crippen molar-refractivity contribution in [1.29, 1.82) is 0 Å². The number of hydrogen-bond donors (Lipinski definition) is 0. The van der Waals surface area contributed by atoms with E-state index in [1.165, 1.54) is 16.7 Å². The zero-order valence-electron chi connectivity index (χ0n) is 13.9. The molecule has 118 valence electrons. The fraction of sp³-hybridized carbons (Fsp3) is 0.286. The van der Waals surface area contributed by atoms with Gasteiger partial charge in [-0.3, -0.25) is 4.79 Å². The van der Waals surface area contributed by atoms with Gasteiger partial charge in [-0.2, -0.15) is 0 Å². The zero-order valence-corrected chi connectivity index (χ0v) is 13.9. The topological polar surface area (TPSA) is 20.3 Å². The number of nitrogens with zero attached hydrogens (tertiary/aromatic N) is 1. The molecule has 2 nitrogen and oxygen atoms in total. The van der Waals surface area contributed by atoms with E-state index in [1.807, 2.05) is 48.2 Å². The first-order valence-electron chi connectivity index (χ1n) is 8.20. The second-order valence-corrected chi connectivity index (χ2v) is 6.36. The maximum Gasteiger partial charge on any atom is 0.228 e. The third kappa shape index (κ3) is 2.94. The van der Waals surface area contributed by atoms with Gasteiger partial charge in [-0.15, -0.1) is 0 Å². The predicted molar refractivity (Wildman–Crippen MR) is 94.7 cm³/mol. The van der Waals surface area contributed by atoms with Crippen molar-refractivity contribution in [2.24, 2.45) is 5.92 Å². The van der Waals surface area contributed by atoms with Crippen molar-refractivity contribution in [3.8, 4) is 0 Å². The highest BCUT2D eigenvalue weighted by Gasteiger charge is 2.47. The number of carbonyl (C=O) groups excluding carboxylic acids is 1. The van der Waals surface area contributed by atoms with Gasteiger partial charge in [-0.1, -0.05) is 73.7 Å². The Bertz CT molecular complexity index is 705. The van der Waals surface area contributed by atoms with Crippen LogP contribution >= 0.6 is 0 Å². The summed E-state index contributed by atoms with van der Waals surface area (Å²) in [6.07, 6.45) is 2.19. The van der Waals surface area contributed by atoms with E-state index in [0.29, 0.717) is 0 Å². The summed E-state index contributed by atoms with van der Waals surface area (Å²) in [5.74, 6) is 0.299. The first-order valence-corrected chi connectivity index (χ1v) is 8.20. The van der Waals surface area contributed by atoms with Crippen LogP contribution in [0.3, 0.4) is 0 Å². The molecule has 0 aliphatic carbocycles. The Labute approximate surface area is 138 Å². The van der Waals surface area contributed by atoms with Crippen LogP contribution in [-0.4, -0.2) is 16.8 Å². The van der Waals surface area contributed by atoms with Gasteiger partial charge in [0.2, 0.25) is 5.91 Å². The molecule has 0 N–H and O–H groups in total. The third-order valence-corrected chi connectivity index (χ3v) is 4.78. The Hall–Kier alpha value is -2.35. The van der Waals surface area contributed by atoms with Crippen molar-refractivity contribution >= 4 is 12.0 Å². The second-order valence-electron chi connectivity index (χ2n) is 6.36. The lowest BCUT2D eigenvalue weighted by Gasteiger charge is -2.50. The van der Waals surface area contributed by atoms with Crippen molar-refractivity contribution < 1.29 is 4.79 Å². The van der Waals surface area contributed by atoms with Gasteiger partial charge < -0.3 is 4.90 Å². The molecule has 3 atom stereocenters. The average molecular weight is 305 g/mol. The number of rotatable bonds is 4. The molecule has 1 aliphatic rings. The van der Waals surface area contributed by atoms with Gasteiger partial charge in [0.15, 0.2) is 0 Å². The Kier molecular flexibility index (Phi) is 4.33. The molecule has 1 fully saturated rings. The van der Waals surface area contributed by atoms with E-state index in [0.717, 1.165) is 0 Å². The van der Waals surface area contributed by atoms with Crippen LogP contribution in [0.15, 0.2) is 66.2 Å². The highest BCUT2D eigenvalue weighted by Crippen LogP contribution is 2.39. The van der Waals surface area contributed by atoms with Gasteiger partial charge in [0.25, 0.3) is 0 Å². The Morgan fingerprint density at radius 2 is 1.61 bits per heavy atom. The lowest BCUT2D eigenvalue weighted by molar-refractivity contribution is -0.156. The molecular formula is C21H23NO. The molecule has 1 aliphatic heterocycles. The molecule has 2 heteroatoms. The molecule has 1 amide bonds. The quantitative estimate of drug-likeness (QED) is 0.750. The first-order chi connectivity index (χ1) is 11.1. The van der Waals surface area contributed by atoms with Gasteiger partial charge in [0.1, 0.15) is 0 Å². The SMILES string of the molecule is C/C(=C\c1ccccc1)[C@@H]1[C@@H](C)C(=O)N1[C@@H](C)c1ccccc1. The number of hydrogen-bond acceptors (Lipinski definition) is 1. The second kappa shape index (κ2) is 6.41. The van der Waals surface area contributed by atoms with Gasteiger partial charge >= 0.3 is 0 Å². The summed E-state index contributed by atoms with van der Waals surface area (Å²) in [5, 5.41) is 0. The van der Waals surface area contributed by atoms with Crippen molar-refractivity contribution in [3.63, 3.8) is 0 Å². The van der Waals surface area contributed by atoms with Crippen LogP contribution in [0.1, 0.15) is 37.9 Å². The normalized spacial score (nSPS) is 22.7. The number of β-lactam (4-membered cyclic amide) rings is 1. The van der Waals surface area contributed by atoms with Gasteiger partial charge in [-0.25, -0.2) is 0 Å². The molecule has 0 aromatic heterocycles. The van der Waals surface area contributed by atoms with Crippen molar-refractivity contribution in [1.82, 2.24) is 4.90 Å². The van der Waals surface area contributed by atoms with Crippen molar-refractivity contribution in [3.05, 3.63) is 77.4 Å². The number of amides is 1. The Balaban J connectivity index is 1.86. The van der Waals surface area contributed by atoms with Crippen LogP contribution in [0.5, 0.6) is 0 Å². The maximum atomic E-state index is 12.4. The molecule has 1 saturated heterocycles. The molecule has 2 aromatic carbocycles. The fourth-order valence-corrected chi connectivity index (χ4v) is 3.50. The largest absolute Gasteiger partial charge is 0.328 e. The van der Waals surface area contributed by atoms with Crippen LogP contribution in [0.4, 0.5) is 0 Å². The number of carbonyl (C=O) groups is 1. The molecule has 0 bridgehead atoms. The first kappa shape index (κ1) is 15.5. The smallest absolute Gasteiger partial charge is 0.228 e. The van der Waals surface area contributed by atoms with E-state index in [4.69, 9.17) is 0 Å². The molecule has 23 heavy (non-hydrogen) atoms. The summed E-state index contributed by atoms with van der Waals surface area (Å²) < 4.78 is 0. The lowest BCUT2D eigenvalue weighted by Crippen LogP contribution is -2.60. The van der Waals surface area contributed by atoms with Crippen molar-refractivity contribution in [2.75, 3.05) is 0 Å². The van der Waals surface area contributed by atoms with Gasteiger partial charge in [0, 0.05) is 0 Å². The van der Waals surface area contributed by atoms with Gasteiger partial charge in [0.05, 0.1) is 18.0 Å². The summed E-state index contributed by atoms with van der Waals surface area (Å²) in [5.41, 5.74) is 3.61. The van der Waals surface area contributed by atoms with Crippen LogP contribution in [0, 0.1) is 5.92 Å². The van der Waals surface area contributed by atoms with E-state index >= 15 is 0 Å². The molecule has 0 unspecified atom stereocenters. The van der Waals surface area contributed by atoms with E-state index in [9.17, 15) is 4.79 Å². The monoisotopic (exact) mass is 305 g/mol.